The van der Waals surface area contributed by atoms with Gasteiger partial charge in [-0.2, -0.15) is 0 Å². The first kappa shape index (κ1) is 16.5. The Morgan fingerprint density at radius 1 is 1.26 bits per heavy atom. The fraction of sp³-hybridized carbons (Fsp3) is 0.650. The molecule has 2 N–H and O–H groups in total. The summed E-state index contributed by atoms with van der Waals surface area (Å²) in [5.41, 5.74) is 1.95. The van der Waals surface area contributed by atoms with Gasteiger partial charge in [0.15, 0.2) is 0 Å². The van der Waals surface area contributed by atoms with Crippen LogP contribution < -0.4 is 10.2 Å². The Labute approximate surface area is 140 Å². The molecule has 2 aliphatic heterocycles. The van der Waals surface area contributed by atoms with E-state index in [1.807, 2.05) is 36.1 Å². The standard InChI is InChI=1S/C20H30N2O/c1-3-4-11-22-18-9-6-10-19(22)14-17(13-18)21-20(23)16-8-5-7-15(2)12-16/h5,7-8,12,17-19H,3-4,6,9-11,13-14H2,1-2H3,(H,21,23)/p+1/t17?,18-,19+. The monoisotopic (exact) mass is 315 g/mol. The number of carbonyl (C=O) groups is 1. The highest BCUT2D eigenvalue weighted by molar-refractivity contribution is 5.94. The molecule has 2 fully saturated rings. The Hall–Kier alpha value is -1.35. The number of unbranched alkanes of at least 4 members (excludes halogenated alkanes) is 1. The number of amides is 1. The van der Waals surface area contributed by atoms with E-state index in [9.17, 15) is 4.79 Å². The molecule has 126 valence electrons. The van der Waals surface area contributed by atoms with E-state index < -0.39 is 0 Å². The maximum atomic E-state index is 12.5. The molecule has 4 atom stereocenters. The molecule has 0 spiro atoms. The van der Waals surface area contributed by atoms with E-state index in [0.717, 1.165) is 36.1 Å². The van der Waals surface area contributed by atoms with Crippen molar-refractivity contribution in [3.63, 3.8) is 0 Å². The van der Waals surface area contributed by atoms with Gasteiger partial charge in [-0.05, 0) is 44.7 Å². The van der Waals surface area contributed by atoms with E-state index >= 15 is 0 Å². The van der Waals surface area contributed by atoms with Crippen LogP contribution in [0.3, 0.4) is 0 Å². The number of benzene rings is 1. The van der Waals surface area contributed by atoms with Crippen molar-refractivity contribution in [2.75, 3.05) is 6.54 Å². The number of piperidine rings is 2. The molecule has 2 unspecified atom stereocenters. The summed E-state index contributed by atoms with van der Waals surface area (Å²) in [6.07, 6.45) is 9.00. The van der Waals surface area contributed by atoms with Gasteiger partial charge in [0.1, 0.15) is 0 Å². The fourth-order valence-corrected chi connectivity index (χ4v) is 4.60. The van der Waals surface area contributed by atoms with E-state index in [4.69, 9.17) is 0 Å². The van der Waals surface area contributed by atoms with Gasteiger partial charge in [-0.1, -0.05) is 31.0 Å². The Morgan fingerprint density at radius 2 is 2.00 bits per heavy atom. The van der Waals surface area contributed by atoms with Crippen molar-refractivity contribution >= 4 is 5.91 Å². The third kappa shape index (κ3) is 3.95. The van der Waals surface area contributed by atoms with Gasteiger partial charge in [0.2, 0.25) is 0 Å². The molecule has 3 heteroatoms. The van der Waals surface area contributed by atoms with E-state index in [1.165, 1.54) is 38.6 Å². The summed E-state index contributed by atoms with van der Waals surface area (Å²) in [5.74, 6) is 0.105. The fourth-order valence-electron chi connectivity index (χ4n) is 4.60. The summed E-state index contributed by atoms with van der Waals surface area (Å²) in [6.45, 7) is 5.64. The number of hydrogen-bond donors (Lipinski definition) is 2. The van der Waals surface area contributed by atoms with Crippen LogP contribution in [-0.4, -0.2) is 30.6 Å². The van der Waals surface area contributed by atoms with Crippen molar-refractivity contribution in [2.24, 2.45) is 0 Å². The number of fused-ring (bicyclic) bond motifs is 2. The zero-order valence-electron chi connectivity index (χ0n) is 14.6. The first-order valence-electron chi connectivity index (χ1n) is 9.40. The van der Waals surface area contributed by atoms with E-state index in [2.05, 4.69) is 12.2 Å². The number of hydrogen-bond acceptors (Lipinski definition) is 1. The summed E-state index contributed by atoms with van der Waals surface area (Å²) >= 11 is 0. The lowest BCUT2D eigenvalue weighted by molar-refractivity contribution is -0.961. The van der Waals surface area contributed by atoms with E-state index in [0.29, 0.717) is 6.04 Å². The number of carbonyl (C=O) groups excluding carboxylic acids is 1. The minimum absolute atomic E-state index is 0.105. The zero-order valence-corrected chi connectivity index (χ0v) is 14.6. The van der Waals surface area contributed by atoms with Crippen LogP contribution in [0.5, 0.6) is 0 Å². The molecule has 1 amide bonds. The molecule has 3 rings (SSSR count). The Balaban J connectivity index is 1.61. The third-order valence-electron chi connectivity index (χ3n) is 5.73. The number of rotatable bonds is 5. The molecule has 0 radical (unpaired) electrons. The first-order chi connectivity index (χ1) is 11.2. The minimum Gasteiger partial charge on any atom is -0.349 e. The largest absolute Gasteiger partial charge is 0.349 e. The number of nitrogens with one attached hydrogen (secondary N) is 2. The zero-order chi connectivity index (χ0) is 16.2. The minimum atomic E-state index is 0.105. The SMILES string of the molecule is CCCC[NH+]1[C@@H]2CCC[C@H]1CC(NC(=O)c1cccc(C)c1)C2. The number of aryl methyl sites for hydroxylation is 1. The van der Waals surface area contributed by atoms with Crippen LogP contribution >= 0.6 is 0 Å². The topological polar surface area (TPSA) is 33.5 Å². The van der Waals surface area contributed by atoms with Crippen LogP contribution in [0, 0.1) is 6.92 Å². The second-order valence-electron chi connectivity index (χ2n) is 7.51. The summed E-state index contributed by atoms with van der Waals surface area (Å²) in [5, 5.41) is 3.32. The summed E-state index contributed by atoms with van der Waals surface area (Å²) in [6, 6.07) is 9.80. The molecule has 0 aromatic heterocycles. The Bertz CT molecular complexity index is 528. The number of quaternary nitrogens is 1. The van der Waals surface area contributed by atoms with Gasteiger partial charge < -0.3 is 10.2 Å². The lowest BCUT2D eigenvalue weighted by Gasteiger charge is -2.46. The second kappa shape index (κ2) is 7.48. The normalized spacial score (nSPS) is 30.0. The summed E-state index contributed by atoms with van der Waals surface area (Å²) < 4.78 is 0. The Morgan fingerprint density at radius 3 is 2.65 bits per heavy atom. The lowest BCUT2D eigenvalue weighted by Crippen LogP contribution is -3.21. The first-order valence-corrected chi connectivity index (χ1v) is 9.40. The highest BCUT2D eigenvalue weighted by Crippen LogP contribution is 2.22. The van der Waals surface area contributed by atoms with Gasteiger partial charge >= 0.3 is 0 Å². The predicted octanol–water partition coefficient (Wildman–Crippen LogP) is 2.49. The van der Waals surface area contributed by atoms with Gasteiger partial charge in [-0.3, -0.25) is 4.79 Å². The molecule has 1 aromatic carbocycles. The van der Waals surface area contributed by atoms with Crippen LogP contribution in [0.2, 0.25) is 0 Å². The second-order valence-corrected chi connectivity index (χ2v) is 7.51. The third-order valence-corrected chi connectivity index (χ3v) is 5.73. The maximum Gasteiger partial charge on any atom is 0.251 e. The highest BCUT2D eigenvalue weighted by atomic mass is 16.1. The van der Waals surface area contributed by atoms with Gasteiger partial charge in [0.05, 0.1) is 18.6 Å². The van der Waals surface area contributed by atoms with Crippen LogP contribution in [0.25, 0.3) is 0 Å². The van der Waals surface area contributed by atoms with Crippen molar-refractivity contribution in [2.45, 2.75) is 76.9 Å². The van der Waals surface area contributed by atoms with Crippen molar-refractivity contribution < 1.29 is 9.69 Å². The Kier molecular flexibility index (Phi) is 5.37. The van der Waals surface area contributed by atoms with Crippen molar-refractivity contribution in [1.29, 1.82) is 0 Å². The molecule has 0 saturated carbocycles. The molecule has 2 saturated heterocycles. The summed E-state index contributed by atoms with van der Waals surface area (Å²) in [4.78, 5) is 14.4. The molecular weight excluding hydrogens is 284 g/mol. The van der Waals surface area contributed by atoms with Crippen LogP contribution in [0.1, 0.15) is 67.8 Å². The lowest BCUT2D eigenvalue weighted by atomic mass is 9.81. The van der Waals surface area contributed by atoms with E-state index in [1.54, 1.807) is 0 Å². The quantitative estimate of drug-likeness (QED) is 0.860. The van der Waals surface area contributed by atoms with Gasteiger partial charge in [0.25, 0.3) is 5.91 Å². The van der Waals surface area contributed by atoms with Crippen molar-refractivity contribution in [1.82, 2.24) is 5.32 Å². The molecule has 1 aromatic rings. The van der Waals surface area contributed by atoms with Crippen LogP contribution in [0.4, 0.5) is 0 Å². The maximum absolute atomic E-state index is 12.5. The molecule has 3 nitrogen and oxygen atoms in total. The molecule has 23 heavy (non-hydrogen) atoms. The van der Waals surface area contributed by atoms with Gasteiger partial charge in [-0.15, -0.1) is 0 Å². The molecule has 2 heterocycles. The van der Waals surface area contributed by atoms with Crippen LogP contribution in [-0.2, 0) is 0 Å². The van der Waals surface area contributed by atoms with Crippen molar-refractivity contribution in [3.8, 4) is 0 Å². The molecule has 2 bridgehead atoms. The van der Waals surface area contributed by atoms with Gasteiger partial charge in [0, 0.05) is 24.4 Å². The smallest absolute Gasteiger partial charge is 0.251 e. The molecule has 0 aliphatic carbocycles. The predicted molar refractivity (Wildman–Crippen MR) is 93.8 cm³/mol. The highest BCUT2D eigenvalue weighted by Gasteiger charge is 2.41. The van der Waals surface area contributed by atoms with Gasteiger partial charge in [-0.25, -0.2) is 0 Å². The molecular formula is C20H31N2O+. The average molecular weight is 315 g/mol. The average Bonchev–Trinajstić information content (AvgIpc) is 2.52. The van der Waals surface area contributed by atoms with Crippen LogP contribution in [0.15, 0.2) is 24.3 Å². The molecule has 2 aliphatic rings. The van der Waals surface area contributed by atoms with Crippen molar-refractivity contribution in [3.05, 3.63) is 35.4 Å². The van der Waals surface area contributed by atoms with E-state index in [-0.39, 0.29) is 5.91 Å². The summed E-state index contributed by atoms with van der Waals surface area (Å²) in [7, 11) is 0.